The maximum Gasteiger partial charge on any atom is 0.220 e. The molecule has 1 aromatic rings. The maximum absolute atomic E-state index is 12.0. The van der Waals surface area contributed by atoms with Crippen molar-refractivity contribution in [2.45, 2.75) is 72.3 Å². The zero-order chi connectivity index (χ0) is 20.6. The molecule has 0 aromatic heterocycles. The van der Waals surface area contributed by atoms with Gasteiger partial charge in [0.1, 0.15) is 6.61 Å². The molecule has 0 aliphatic carbocycles. The van der Waals surface area contributed by atoms with Crippen LogP contribution in [-0.4, -0.2) is 44.2 Å². The number of likely N-dealkylation sites (N-methyl/N-ethyl adjacent to an activating group) is 1. The van der Waals surface area contributed by atoms with E-state index in [4.69, 9.17) is 9.47 Å². The second-order valence-corrected chi connectivity index (χ2v) is 7.16. The van der Waals surface area contributed by atoms with Gasteiger partial charge in [-0.15, -0.1) is 0 Å². The predicted molar refractivity (Wildman–Crippen MR) is 116 cm³/mol. The summed E-state index contributed by atoms with van der Waals surface area (Å²) >= 11 is 0. The van der Waals surface area contributed by atoms with Crippen molar-refractivity contribution in [3.8, 4) is 11.5 Å². The largest absolute Gasteiger partial charge is 0.493 e. The Labute approximate surface area is 171 Å². The fourth-order valence-corrected chi connectivity index (χ4v) is 3.12. The van der Waals surface area contributed by atoms with Gasteiger partial charge in [0.2, 0.25) is 5.91 Å². The Balaban J connectivity index is 2.37. The molecule has 0 unspecified atom stereocenters. The van der Waals surface area contributed by atoms with Gasteiger partial charge in [-0.05, 0) is 37.2 Å². The highest BCUT2D eigenvalue weighted by molar-refractivity contribution is 5.75. The topological polar surface area (TPSA) is 50.8 Å². The molecule has 0 aliphatic heterocycles. The molecule has 0 radical (unpaired) electrons. The minimum absolute atomic E-state index is 0.119. The highest BCUT2D eigenvalue weighted by Gasteiger charge is 2.08. The van der Waals surface area contributed by atoms with Crippen LogP contribution in [-0.2, 0) is 11.3 Å². The Morgan fingerprint density at radius 2 is 1.71 bits per heavy atom. The fraction of sp³-hybridized carbons (Fsp3) is 0.696. The van der Waals surface area contributed by atoms with Crippen LogP contribution in [0.1, 0.15) is 71.3 Å². The summed E-state index contributed by atoms with van der Waals surface area (Å²) in [5.41, 5.74) is 1.02. The molecule has 28 heavy (non-hydrogen) atoms. The Hall–Kier alpha value is -1.75. The lowest BCUT2D eigenvalue weighted by Gasteiger charge is -2.19. The molecule has 5 heteroatoms. The van der Waals surface area contributed by atoms with Crippen LogP contribution in [0.3, 0.4) is 0 Å². The molecule has 0 fully saturated rings. The highest BCUT2D eigenvalue weighted by Crippen LogP contribution is 2.28. The molecule has 1 rings (SSSR count). The molecule has 0 bridgehead atoms. The van der Waals surface area contributed by atoms with Crippen LogP contribution >= 0.6 is 0 Å². The Bertz CT molecular complexity index is 545. The number of ether oxygens (including phenoxy) is 2. The zero-order valence-corrected chi connectivity index (χ0v) is 18.4. The molecule has 0 spiro atoms. The van der Waals surface area contributed by atoms with E-state index in [2.05, 4.69) is 31.0 Å². The van der Waals surface area contributed by atoms with E-state index in [9.17, 15) is 4.79 Å². The van der Waals surface area contributed by atoms with E-state index in [1.54, 1.807) is 7.11 Å². The van der Waals surface area contributed by atoms with E-state index >= 15 is 0 Å². The third kappa shape index (κ3) is 9.98. The summed E-state index contributed by atoms with van der Waals surface area (Å²) in [5, 5.41) is 3.00. The van der Waals surface area contributed by atoms with Gasteiger partial charge in [0.25, 0.3) is 0 Å². The molecule has 1 aromatic carbocycles. The van der Waals surface area contributed by atoms with E-state index < -0.39 is 0 Å². The molecule has 5 nitrogen and oxygen atoms in total. The average molecular weight is 393 g/mol. The Morgan fingerprint density at radius 1 is 1.00 bits per heavy atom. The standard InChI is InChI=1S/C23H40N2O3/c1-5-8-9-10-11-12-13-23(26)24-19-20-14-15-21(22(18-20)27-4)28-17-16-25(6-2)7-3/h14-15,18H,5-13,16-17,19H2,1-4H3,(H,24,26). The van der Waals surface area contributed by atoms with Gasteiger partial charge >= 0.3 is 0 Å². The van der Waals surface area contributed by atoms with E-state index in [1.807, 2.05) is 18.2 Å². The van der Waals surface area contributed by atoms with E-state index in [0.29, 0.717) is 25.3 Å². The van der Waals surface area contributed by atoms with Crippen molar-refractivity contribution in [3.63, 3.8) is 0 Å². The second kappa shape index (κ2) is 15.2. The van der Waals surface area contributed by atoms with Crippen LogP contribution in [0.25, 0.3) is 0 Å². The van der Waals surface area contributed by atoms with Gasteiger partial charge in [-0.3, -0.25) is 4.79 Å². The van der Waals surface area contributed by atoms with Crippen LogP contribution < -0.4 is 14.8 Å². The number of benzene rings is 1. The molecule has 0 aliphatic rings. The van der Waals surface area contributed by atoms with E-state index in [1.165, 1.54) is 25.7 Å². The lowest BCUT2D eigenvalue weighted by atomic mass is 10.1. The van der Waals surface area contributed by atoms with E-state index in [-0.39, 0.29) is 5.91 Å². The number of nitrogens with zero attached hydrogens (tertiary/aromatic N) is 1. The summed E-state index contributed by atoms with van der Waals surface area (Å²) in [7, 11) is 1.65. The van der Waals surface area contributed by atoms with E-state index in [0.717, 1.165) is 43.8 Å². The summed E-state index contributed by atoms with van der Waals surface area (Å²) in [6.45, 7) is 10.6. The van der Waals surface area contributed by atoms with Gasteiger partial charge in [0, 0.05) is 19.5 Å². The summed E-state index contributed by atoms with van der Waals surface area (Å²) in [6.07, 6.45) is 7.77. The van der Waals surface area contributed by atoms with Crippen molar-refractivity contribution in [2.75, 3.05) is 33.4 Å². The number of hydrogen-bond donors (Lipinski definition) is 1. The number of amides is 1. The third-order valence-corrected chi connectivity index (χ3v) is 5.03. The predicted octanol–water partition coefficient (Wildman–Crippen LogP) is 4.78. The van der Waals surface area contributed by atoms with Crippen molar-refractivity contribution in [1.29, 1.82) is 0 Å². The SMILES string of the molecule is CCCCCCCCC(=O)NCc1ccc(OCCN(CC)CC)c(OC)c1. The number of unbranched alkanes of at least 4 members (excludes halogenated alkanes) is 5. The van der Waals surface area contributed by atoms with Crippen LogP contribution in [0.4, 0.5) is 0 Å². The first-order chi connectivity index (χ1) is 13.6. The molecule has 160 valence electrons. The van der Waals surface area contributed by atoms with Crippen LogP contribution in [0.2, 0.25) is 0 Å². The van der Waals surface area contributed by atoms with Gasteiger partial charge in [-0.1, -0.05) is 58.9 Å². The molecular formula is C23H40N2O3. The van der Waals surface area contributed by atoms with Gasteiger partial charge in [0.15, 0.2) is 11.5 Å². The van der Waals surface area contributed by atoms with Gasteiger partial charge in [0.05, 0.1) is 7.11 Å². The minimum atomic E-state index is 0.119. The Morgan fingerprint density at radius 3 is 2.39 bits per heavy atom. The van der Waals surface area contributed by atoms with Crippen LogP contribution in [0.15, 0.2) is 18.2 Å². The summed E-state index contributed by atoms with van der Waals surface area (Å²) in [4.78, 5) is 14.3. The number of hydrogen-bond acceptors (Lipinski definition) is 4. The fourth-order valence-electron chi connectivity index (χ4n) is 3.12. The molecule has 0 heterocycles. The van der Waals surface area contributed by atoms with Crippen molar-refractivity contribution >= 4 is 5.91 Å². The van der Waals surface area contributed by atoms with Crippen molar-refractivity contribution in [3.05, 3.63) is 23.8 Å². The molecule has 0 saturated heterocycles. The molecule has 0 atom stereocenters. The van der Waals surface area contributed by atoms with Crippen LogP contribution in [0, 0.1) is 0 Å². The van der Waals surface area contributed by atoms with Crippen molar-refractivity contribution in [2.24, 2.45) is 0 Å². The molecule has 1 amide bonds. The van der Waals surface area contributed by atoms with Gasteiger partial charge in [-0.25, -0.2) is 0 Å². The lowest BCUT2D eigenvalue weighted by molar-refractivity contribution is -0.121. The zero-order valence-electron chi connectivity index (χ0n) is 18.4. The monoisotopic (exact) mass is 392 g/mol. The number of carbonyl (C=O) groups is 1. The van der Waals surface area contributed by atoms with Crippen molar-refractivity contribution in [1.82, 2.24) is 10.2 Å². The van der Waals surface area contributed by atoms with Crippen LogP contribution in [0.5, 0.6) is 11.5 Å². The summed E-state index contributed by atoms with van der Waals surface area (Å²) < 4.78 is 11.3. The number of carbonyl (C=O) groups excluding carboxylic acids is 1. The second-order valence-electron chi connectivity index (χ2n) is 7.16. The Kier molecular flexibility index (Phi) is 13.2. The first kappa shape index (κ1) is 24.3. The summed E-state index contributed by atoms with van der Waals surface area (Å²) in [6, 6.07) is 5.86. The van der Waals surface area contributed by atoms with Crippen molar-refractivity contribution < 1.29 is 14.3 Å². The van der Waals surface area contributed by atoms with Gasteiger partial charge in [-0.2, -0.15) is 0 Å². The molecule has 0 saturated carbocycles. The normalized spacial score (nSPS) is 10.9. The molecule has 1 N–H and O–H groups in total. The van der Waals surface area contributed by atoms with Gasteiger partial charge < -0.3 is 19.7 Å². The smallest absolute Gasteiger partial charge is 0.220 e. The lowest BCUT2D eigenvalue weighted by Crippen LogP contribution is -2.28. The number of rotatable bonds is 16. The molecular weight excluding hydrogens is 352 g/mol. The summed E-state index contributed by atoms with van der Waals surface area (Å²) in [5.74, 6) is 1.58. The first-order valence-electron chi connectivity index (χ1n) is 10.9. The maximum atomic E-state index is 12.0. The average Bonchev–Trinajstić information content (AvgIpc) is 2.72. The third-order valence-electron chi connectivity index (χ3n) is 5.03. The highest BCUT2D eigenvalue weighted by atomic mass is 16.5. The number of nitrogens with one attached hydrogen (secondary N) is 1. The first-order valence-corrected chi connectivity index (χ1v) is 10.9. The minimum Gasteiger partial charge on any atom is -0.493 e. The number of methoxy groups -OCH3 is 1. The quantitative estimate of drug-likeness (QED) is 0.411.